The Kier molecular flexibility index (Phi) is 3.94. The zero-order valence-electron chi connectivity index (χ0n) is 11.8. The fraction of sp³-hybridized carbons (Fsp3) is 0.0625. The lowest BCUT2D eigenvalue weighted by Crippen LogP contribution is -2.26. The number of aromatic carboxylic acids is 1. The Bertz CT molecular complexity index is 902. The van der Waals surface area contributed by atoms with Gasteiger partial charge in [0.2, 0.25) is 5.75 Å². The number of thiophene rings is 1. The van der Waals surface area contributed by atoms with Crippen molar-refractivity contribution in [1.29, 1.82) is 0 Å². The van der Waals surface area contributed by atoms with E-state index in [2.05, 4.69) is 4.98 Å². The Labute approximate surface area is 134 Å². The number of carboxylic acid groups (broad SMARTS) is 1. The van der Waals surface area contributed by atoms with Crippen LogP contribution < -0.4 is 5.56 Å². The molecule has 2 N–H and O–H groups in total. The molecule has 0 unspecified atom stereocenters. The molecule has 0 amide bonds. The minimum atomic E-state index is -1.44. The van der Waals surface area contributed by atoms with Gasteiger partial charge >= 0.3 is 5.97 Å². The normalized spacial score (nSPS) is 10.6. The van der Waals surface area contributed by atoms with Crippen molar-refractivity contribution in [3.63, 3.8) is 0 Å². The number of carboxylic acids is 1. The van der Waals surface area contributed by atoms with Gasteiger partial charge in [-0.25, -0.2) is 9.78 Å². The molecule has 116 valence electrons. The maximum atomic E-state index is 12.4. The van der Waals surface area contributed by atoms with Crippen LogP contribution in [0.4, 0.5) is 0 Å². The molecule has 3 rings (SSSR count). The first-order valence-electron chi connectivity index (χ1n) is 6.73. The Morgan fingerprint density at radius 3 is 2.52 bits per heavy atom. The van der Waals surface area contributed by atoms with Gasteiger partial charge in [0, 0.05) is 0 Å². The monoisotopic (exact) mass is 328 g/mol. The van der Waals surface area contributed by atoms with Crippen LogP contribution in [-0.4, -0.2) is 25.7 Å². The molecule has 0 aliphatic rings. The summed E-state index contributed by atoms with van der Waals surface area (Å²) in [5.74, 6) is -2.07. The smallest absolute Gasteiger partial charge is 0.358 e. The molecule has 0 aliphatic heterocycles. The summed E-state index contributed by atoms with van der Waals surface area (Å²) in [6.45, 7) is 0.188. The predicted octanol–water partition coefficient (Wildman–Crippen LogP) is 2.42. The molecule has 0 fully saturated rings. The van der Waals surface area contributed by atoms with Crippen LogP contribution in [0.2, 0.25) is 0 Å². The average Bonchev–Trinajstić information content (AvgIpc) is 3.07. The van der Waals surface area contributed by atoms with E-state index in [-0.39, 0.29) is 12.4 Å². The highest BCUT2D eigenvalue weighted by Crippen LogP contribution is 2.24. The fourth-order valence-electron chi connectivity index (χ4n) is 2.20. The summed E-state index contributed by atoms with van der Waals surface area (Å²) in [4.78, 5) is 28.3. The van der Waals surface area contributed by atoms with Crippen molar-refractivity contribution in [2.24, 2.45) is 0 Å². The maximum Gasteiger partial charge on any atom is 0.358 e. The topological polar surface area (TPSA) is 92.4 Å². The molecule has 6 nitrogen and oxygen atoms in total. The lowest BCUT2D eigenvalue weighted by atomic mass is 10.2. The van der Waals surface area contributed by atoms with Crippen LogP contribution in [0, 0.1) is 0 Å². The number of aromatic nitrogens is 2. The van der Waals surface area contributed by atoms with Crippen LogP contribution in [0.15, 0.2) is 52.6 Å². The van der Waals surface area contributed by atoms with Crippen LogP contribution in [0.25, 0.3) is 10.7 Å². The van der Waals surface area contributed by atoms with Gasteiger partial charge in [-0.15, -0.1) is 11.3 Å². The summed E-state index contributed by atoms with van der Waals surface area (Å²) in [6, 6.07) is 12.7. The summed E-state index contributed by atoms with van der Waals surface area (Å²) < 4.78 is 1.28. The first kappa shape index (κ1) is 15.0. The van der Waals surface area contributed by atoms with E-state index < -0.39 is 23.0 Å². The van der Waals surface area contributed by atoms with E-state index in [9.17, 15) is 14.7 Å². The highest BCUT2D eigenvalue weighted by molar-refractivity contribution is 7.13. The third-order valence-corrected chi connectivity index (χ3v) is 4.14. The van der Waals surface area contributed by atoms with E-state index in [1.807, 2.05) is 35.7 Å². The largest absolute Gasteiger partial charge is 0.501 e. The number of hydrogen-bond acceptors (Lipinski definition) is 5. The molecular weight excluding hydrogens is 316 g/mol. The zero-order valence-corrected chi connectivity index (χ0v) is 12.7. The molecule has 0 saturated heterocycles. The number of hydrogen-bond donors (Lipinski definition) is 2. The third-order valence-electron chi connectivity index (χ3n) is 3.27. The van der Waals surface area contributed by atoms with Crippen LogP contribution >= 0.6 is 11.3 Å². The van der Waals surface area contributed by atoms with Gasteiger partial charge in [0.05, 0.1) is 11.4 Å². The van der Waals surface area contributed by atoms with E-state index >= 15 is 0 Å². The second-order valence-corrected chi connectivity index (χ2v) is 5.74. The van der Waals surface area contributed by atoms with Crippen molar-refractivity contribution in [2.45, 2.75) is 6.54 Å². The van der Waals surface area contributed by atoms with E-state index in [0.29, 0.717) is 4.88 Å². The molecule has 2 heterocycles. The van der Waals surface area contributed by atoms with Gasteiger partial charge in [-0.3, -0.25) is 9.36 Å². The summed E-state index contributed by atoms with van der Waals surface area (Å²) >= 11 is 1.34. The van der Waals surface area contributed by atoms with E-state index in [1.165, 1.54) is 15.9 Å². The minimum Gasteiger partial charge on any atom is -0.501 e. The second-order valence-electron chi connectivity index (χ2n) is 4.79. The summed E-state index contributed by atoms with van der Waals surface area (Å²) in [5.41, 5.74) is -0.566. The maximum absolute atomic E-state index is 12.4. The van der Waals surface area contributed by atoms with Crippen molar-refractivity contribution < 1.29 is 15.0 Å². The van der Waals surface area contributed by atoms with Gasteiger partial charge in [0.1, 0.15) is 0 Å². The van der Waals surface area contributed by atoms with Crippen LogP contribution in [0.1, 0.15) is 16.1 Å². The molecule has 0 saturated carbocycles. The van der Waals surface area contributed by atoms with Gasteiger partial charge in [0.25, 0.3) is 5.56 Å². The molecule has 0 spiro atoms. The first-order chi connectivity index (χ1) is 11.1. The van der Waals surface area contributed by atoms with Crippen molar-refractivity contribution in [3.8, 4) is 16.5 Å². The predicted molar refractivity (Wildman–Crippen MR) is 86.0 cm³/mol. The fourth-order valence-corrected chi connectivity index (χ4v) is 2.92. The minimum absolute atomic E-state index is 0.188. The SMILES string of the molecule is O=C(O)c1nc(-c2cccs2)n(Cc2ccccc2)c(=O)c1O. The van der Waals surface area contributed by atoms with Crippen molar-refractivity contribution in [3.05, 3.63) is 69.5 Å². The molecule has 7 heteroatoms. The van der Waals surface area contributed by atoms with Gasteiger partial charge in [-0.1, -0.05) is 36.4 Å². The third kappa shape index (κ3) is 2.86. The van der Waals surface area contributed by atoms with E-state index in [4.69, 9.17) is 5.11 Å². The molecule has 0 bridgehead atoms. The lowest BCUT2D eigenvalue weighted by Gasteiger charge is -2.13. The molecule has 2 aromatic heterocycles. The number of rotatable bonds is 4. The Morgan fingerprint density at radius 1 is 1.17 bits per heavy atom. The second kappa shape index (κ2) is 6.05. The highest BCUT2D eigenvalue weighted by atomic mass is 32.1. The lowest BCUT2D eigenvalue weighted by molar-refractivity contribution is 0.0686. The zero-order chi connectivity index (χ0) is 16.4. The van der Waals surface area contributed by atoms with E-state index in [0.717, 1.165) is 5.56 Å². The molecule has 0 atom stereocenters. The van der Waals surface area contributed by atoms with Crippen molar-refractivity contribution in [1.82, 2.24) is 9.55 Å². The molecular formula is C16H12N2O4S. The standard InChI is InChI=1S/C16H12N2O4S/c19-13-12(16(21)22)17-14(11-7-4-8-23-11)18(15(13)20)9-10-5-2-1-3-6-10/h1-8,19H,9H2,(H,21,22). The summed E-state index contributed by atoms with van der Waals surface area (Å²) in [7, 11) is 0. The molecule has 0 radical (unpaired) electrons. The Balaban J connectivity index is 2.23. The average molecular weight is 328 g/mol. The Hall–Kier alpha value is -2.93. The molecule has 23 heavy (non-hydrogen) atoms. The first-order valence-corrected chi connectivity index (χ1v) is 7.61. The van der Waals surface area contributed by atoms with Gasteiger partial charge in [0.15, 0.2) is 11.5 Å². The molecule has 3 aromatic rings. The number of carbonyl (C=O) groups is 1. The Morgan fingerprint density at radius 2 is 1.91 bits per heavy atom. The highest BCUT2D eigenvalue weighted by Gasteiger charge is 2.22. The summed E-state index contributed by atoms with van der Waals surface area (Å²) in [5, 5.41) is 20.8. The van der Waals surface area contributed by atoms with Crippen molar-refractivity contribution >= 4 is 17.3 Å². The number of nitrogens with zero attached hydrogens (tertiary/aromatic N) is 2. The van der Waals surface area contributed by atoms with Crippen LogP contribution in [0.5, 0.6) is 5.75 Å². The molecule has 1 aromatic carbocycles. The van der Waals surface area contributed by atoms with Gasteiger partial charge in [-0.05, 0) is 17.0 Å². The van der Waals surface area contributed by atoms with E-state index in [1.54, 1.807) is 12.1 Å². The van der Waals surface area contributed by atoms with Crippen LogP contribution in [-0.2, 0) is 6.54 Å². The quantitative estimate of drug-likeness (QED) is 0.767. The van der Waals surface area contributed by atoms with Crippen LogP contribution in [0.3, 0.4) is 0 Å². The van der Waals surface area contributed by atoms with Gasteiger partial charge in [-0.2, -0.15) is 0 Å². The summed E-state index contributed by atoms with van der Waals surface area (Å²) in [6.07, 6.45) is 0. The number of benzene rings is 1. The van der Waals surface area contributed by atoms with Gasteiger partial charge < -0.3 is 10.2 Å². The molecule has 0 aliphatic carbocycles. The number of aromatic hydroxyl groups is 1. The van der Waals surface area contributed by atoms with Crippen molar-refractivity contribution in [2.75, 3.05) is 0 Å².